The van der Waals surface area contributed by atoms with E-state index in [2.05, 4.69) is 21.2 Å². The molecular formula is C18H16BrClFNO5. The monoisotopic (exact) mass is 459 g/mol. The smallest absolute Gasteiger partial charge is 0.338 e. The first-order valence-electron chi connectivity index (χ1n) is 7.78. The number of carbonyl (C=O) groups excluding carboxylic acids is 2. The van der Waals surface area contributed by atoms with Gasteiger partial charge in [0.05, 0.1) is 30.0 Å². The molecule has 0 aliphatic heterocycles. The minimum atomic E-state index is -0.787. The van der Waals surface area contributed by atoms with Crippen molar-refractivity contribution < 1.29 is 28.2 Å². The Hall–Kier alpha value is -2.32. The molecule has 0 aromatic heterocycles. The second-order valence-electron chi connectivity index (χ2n) is 5.17. The first-order chi connectivity index (χ1) is 12.8. The van der Waals surface area contributed by atoms with Gasteiger partial charge >= 0.3 is 5.97 Å². The predicted octanol–water partition coefficient (Wildman–Crippen LogP) is 4.44. The van der Waals surface area contributed by atoms with Gasteiger partial charge in [-0.1, -0.05) is 27.5 Å². The Morgan fingerprint density at radius 3 is 2.63 bits per heavy atom. The standard InChI is InChI=1S/C18H16BrClFNO5/c1-3-26-17-12(20)6-10(7-15(17)25-2)18(24)27-9-16(23)22-14-5-4-11(19)8-13(14)21/h4-8H,3,9H2,1-2H3,(H,22,23). The average Bonchev–Trinajstić information content (AvgIpc) is 2.63. The lowest BCUT2D eigenvalue weighted by molar-refractivity contribution is -0.119. The zero-order valence-electron chi connectivity index (χ0n) is 14.5. The molecule has 0 heterocycles. The van der Waals surface area contributed by atoms with Crippen molar-refractivity contribution >= 4 is 45.1 Å². The van der Waals surface area contributed by atoms with Crippen LogP contribution in [0.3, 0.4) is 0 Å². The molecule has 2 rings (SSSR count). The SMILES string of the molecule is CCOc1c(Cl)cc(C(=O)OCC(=O)Nc2ccc(Br)cc2F)cc1OC. The van der Waals surface area contributed by atoms with E-state index in [1.54, 1.807) is 13.0 Å². The number of anilines is 1. The Labute approximate surface area is 168 Å². The third-order valence-corrected chi connectivity index (χ3v) is 4.07. The van der Waals surface area contributed by atoms with Crippen molar-refractivity contribution in [2.45, 2.75) is 6.92 Å². The van der Waals surface area contributed by atoms with Gasteiger partial charge < -0.3 is 19.5 Å². The van der Waals surface area contributed by atoms with Crippen LogP contribution in [0.4, 0.5) is 10.1 Å². The normalized spacial score (nSPS) is 10.3. The third-order valence-electron chi connectivity index (χ3n) is 3.29. The molecule has 0 aliphatic carbocycles. The van der Waals surface area contributed by atoms with Crippen LogP contribution in [0.25, 0.3) is 0 Å². The zero-order valence-corrected chi connectivity index (χ0v) is 16.8. The van der Waals surface area contributed by atoms with E-state index >= 15 is 0 Å². The summed E-state index contributed by atoms with van der Waals surface area (Å²) in [4.78, 5) is 24.0. The van der Waals surface area contributed by atoms with Crippen molar-refractivity contribution in [2.24, 2.45) is 0 Å². The van der Waals surface area contributed by atoms with Gasteiger partial charge in [0.2, 0.25) is 0 Å². The first-order valence-corrected chi connectivity index (χ1v) is 8.95. The highest BCUT2D eigenvalue weighted by atomic mass is 79.9. The second kappa shape index (κ2) is 9.57. The van der Waals surface area contributed by atoms with Gasteiger partial charge in [-0.05, 0) is 37.3 Å². The van der Waals surface area contributed by atoms with Crippen molar-refractivity contribution in [3.8, 4) is 11.5 Å². The predicted molar refractivity (Wildman–Crippen MR) is 102 cm³/mol. The van der Waals surface area contributed by atoms with Crippen molar-refractivity contribution in [3.63, 3.8) is 0 Å². The Morgan fingerprint density at radius 2 is 2.00 bits per heavy atom. The Bertz CT molecular complexity index is 862. The molecule has 2 aromatic rings. The summed E-state index contributed by atoms with van der Waals surface area (Å²) in [6.45, 7) is 1.55. The molecule has 0 saturated carbocycles. The van der Waals surface area contributed by atoms with Gasteiger partial charge in [-0.2, -0.15) is 0 Å². The van der Waals surface area contributed by atoms with Gasteiger partial charge in [-0.25, -0.2) is 9.18 Å². The van der Waals surface area contributed by atoms with Crippen molar-refractivity contribution in [2.75, 3.05) is 25.6 Å². The number of hydrogen-bond donors (Lipinski definition) is 1. The Kier molecular flexibility index (Phi) is 7.44. The maximum atomic E-state index is 13.7. The molecule has 1 amide bonds. The molecule has 27 heavy (non-hydrogen) atoms. The lowest BCUT2D eigenvalue weighted by atomic mass is 10.2. The number of rotatable bonds is 7. The van der Waals surface area contributed by atoms with Crippen LogP contribution in [0.5, 0.6) is 11.5 Å². The number of ether oxygens (including phenoxy) is 3. The summed E-state index contributed by atoms with van der Waals surface area (Å²) in [5.74, 6) is -1.52. The molecule has 0 spiro atoms. The fourth-order valence-electron chi connectivity index (χ4n) is 2.11. The molecule has 0 atom stereocenters. The third kappa shape index (κ3) is 5.58. The van der Waals surface area contributed by atoms with E-state index in [-0.39, 0.29) is 22.0 Å². The van der Waals surface area contributed by atoms with Gasteiger partial charge in [0.1, 0.15) is 5.82 Å². The molecule has 0 fully saturated rings. The molecule has 144 valence electrons. The molecule has 6 nitrogen and oxygen atoms in total. The van der Waals surface area contributed by atoms with Gasteiger partial charge in [-0.3, -0.25) is 4.79 Å². The van der Waals surface area contributed by atoms with Crippen molar-refractivity contribution in [1.29, 1.82) is 0 Å². The van der Waals surface area contributed by atoms with E-state index < -0.39 is 24.3 Å². The number of carbonyl (C=O) groups is 2. The summed E-state index contributed by atoms with van der Waals surface area (Å²) >= 11 is 9.22. The lowest BCUT2D eigenvalue weighted by Gasteiger charge is -2.13. The number of methoxy groups -OCH3 is 1. The van der Waals surface area contributed by atoms with Crippen LogP contribution < -0.4 is 14.8 Å². The summed E-state index contributed by atoms with van der Waals surface area (Å²) in [6.07, 6.45) is 0. The van der Waals surface area contributed by atoms with Crippen LogP contribution in [-0.4, -0.2) is 32.2 Å². The molecular weight excluding hydrogens is 445 g/mol. The maximum absolute atomic E-state index is 13.7. The number of nitrogens with one attached hydrogen (secondary N) is 1. The summed E-state index contributed by atoms with van der Waals surface area (Å²) in [5.41, 5.74) is 0.0629. The van der Waals surface area contributed by atoms with Crippen LogP contribution in [0.1, 0.15) is 17.3 Å². The topological polar surface area (TPSA) is 73.9 Å². The van der Waals surface area contributed by atoms with E-state index in [1.807, 2.05) is 0 Å². The van der Waals surface area contributed by atoms with E-state index in [9.17, 15) is 14.0 Å². The summed E-state index contributed by atoms with van der Waals surface area (Å²) in [6, 6.07) is 6.90. The van der Waals surface area contributed by atoms with Crippen LogP contribution >= 0.6 is 27.5 Å². The van der Waals surface area contributed by atoms with E-state index in [4.69, 9.17) is 25.8 Å². The Balaban J connectivity index is 2.02. The number of esters is 1. The highest BCUT2D eigenvalue weighted by molar-refractivity contribution is 9.10. The van der Waals surface area contributed by atoms with E-state index in [0.717, 1.165) is 0 Å². The highest BCUT2D eigenvalue weighted by Crippen LogP contribution is 2.36. The minimum absolute atomic E-state index is 0.0231. The molecule has 1 N–H and O–H groups in total. The molecule has 0 radical (unpaired) electrons. The number of amides is 1. The Morgan fingerprint density at radius 1 is 1.26 bits per heavy atom. The minimum Gasteiger partial charge on any atom is -0.493 e. The molecule has 9 heteroatoms. The van der Waals surface area contributed by atoms with Gasteiger partial charge in [0.25, 0.3) is 5.91 Å². The average molecular weight is 461 g/mol. The summed E-state index contributed by atoms with van der Waals surface area (Å²) in [5, 5.41) is 2.49. The fraction of sp³-hybridized carbons (Fsp3) is 0.222. The number of halogens is 3. The van der Waals surface area contributed by atoms with Crippen molar-refractivity contribution in [3.05, 3.63) is 51.2 Å². The maximum Gasteiger partial charge on any atom is 0.338 e. The van der Waals surface area contributed by atoms with Crippen LogP contribution in [0.2, 0.25) is 5.02 Å². The number of hydrogen-bond acceptors (Lipinski definition) is 5. The fourth-order valence-corrected chi connectivity index (χ4v) is 2.71. The van der Waals surface area contributed by atoms with Crippen LogP contribution in [0, 0.1) is 5.82 Å². The molecule has 0 saturated heterocycles. The zero-order chi connectivity index (χ0) is 20.0. The molecule has 0 aliphatic rings. The number of benzene rings is 2. The van der Waals surface area contributed by atoms with E-state index in [0.29, 0.717) is 16.8 Å². The van der Waals surface area contributed by atoms with Crippen molar-refractivity contribution in [1.82, 2.24) is 0 Å². The van der Waals surface area contributed by atoms with Crippen LogP contribution in [0.15, 0.2) is 34.8 Å². The molecule has 2 aromatic carbocycles. The lowest BCUT2D eigenvalue weighted by Crippen LogP contribution is -2.21. The quantitative estimate of drug-likeness (QED) is 0.618. The second-order valence-corrected chi connectivity index (χ2v) is 6.49. The van der Waals surface area contributed by atoms with E-state index in [1.165, 1.54) is 31.4 Å². The summed E-state index contributed by atoms with van der Waals surface area (Å²) < 4.78 is 29.7. The van der Waals surface area contributed by atoms with Gasteiger partial charge in [-0.15, -0.1) is 0 Å². The summed E-state index contributed by atoms with van der Waals surface area (Å²) in [7, 11) is 1.41. The van der Waals surface area contributed by atoms with Gasteiger partial charge in [0, 0.05) is 4.47 Å². The van der Waals surface area contributed by atoms with Crippen LogP contribution in [-0.2, 0) is 9.53 Å². The first kappa shape index (κ1) is 21.0. The molecule has 0 unspecified atom stereocenters. The largest absolute Gasteiger partial charge is 0.493 e. The van der Waals surface area contributed by atoms with Gasteiger partial charge in [0.15, 0.2) is 18.1 Å². The molecule has 0 bridgehead atoms. The highest BCUT2D eigenvalue weighted by Gasteiger charge is 2.18.